The van der Waals surface area contributed by atoms with Crippen LogP contribution in [0.25, 0.3) is 6.08 Å². The number of aryl methyl sites for hydroxylation is 1. The monoisotopic (exact) mass is 275 g/mol. The minimum atomic E-state index is -0.920. The number of anilines is 1. The summed E-state index contributed by atoms with van der Waals surface area (Å²) >= 11 is 0. The molecule has 0 bridgehead atoms. The lowest BCUT2D eigenvalue weighted by atomic mass is 10.0. The Bertz CT molecular complexity index is 492. The smallest absolute Gasteiger partial charge is 0.328 e. The van der Waals surface area contributed by atoms with Crippen molar-refractivity contribution in [2.75, 3.05) is 11.9 Å². The van der Waals surface area contributed by atoms with Crippen LogP contribution in [0.5, 0.6) is 0 Å². The molecular weight excluding hydrogens is 250 g/mol. The Labute approximate surface area is 121 Å². The van der Waals surface area contributed by atoms with Gasteiger partial charge in [-0.3, -0.25) is 0 Å². The molecule has 0 saturated heterocycles. The SMILES string of the molecule is Cc1cc(N(C)C(C)CC(C)C)ccc1C=CC(=O)O. The molecular formula is C17H25NO2. The van der Waals surface area contributed by atoms with Gasteiger partial charge in [0.05, 0.1) is 0 Å². The molecule has 0 aromatic heterocycles. The molecule has 0 amide bonds. The summed E-state index contributed by atoms with van der Waals surface area (Å²) in [5.41, 5.74) is 3.20. The summed E-state index contributed by atoms with van der Waals surface area (Å²) in [4.78, 5) is 12.8. The maximum absolute atomic E-state index is 10.6. The normalized spacial score (nSPS) is 12.9. The van der Waals surface area contributed by atoms with E-state index >= 15 is 0 Å². The Hall–Kier alpha value is -1.77. The number of nitrogens with zero attached hydrogens (tertiary/aromatic N) is 1. The number of hydrogen-bond acceptors (Lipinski definition) is 2. The number of aliphatic carboxylic acids is 1. The van der Waals surface area contributed by atoms with Crippen molar-refractivity contribution >= 4 is 17.7 Å². The molecule has 0 heterocycles. The van der Waals surface area contributed by atoms with E-state index in [0.29, 0.717) is 12.0 Å². The highest BCUT2D eigenvalue weighted by molar-refractivity contribution is 5.85. The molecule has 0 radical (unpaired) electrons. The van der Waals surface area contributed by atoms with Crippen molar-refractivity contribution in [1.82, 2.24) is 0 Å². The predicted octanol–water partition coefficient (Wildman–Crippen LogP) is 3.96. The Morgan fingerprint density at radius 2 is 2.00 bits per heavy atom. The minimum absolute atomic E-state index is 0.481. The van der Waals surface area contributed by atoms with Gasteiger partial charge >= 0.3 is 5.97 Å². The molecule has 0 aliphatic carbocycles. The van der Waals surface area contributed by atoms with Crippen molar-refractivity contribution in [2.45, 2.75) is 40.2 Å². The topological polar surface area (TPSA) is 40.5 Å². The molecule has 3 nitrogen and oxygen atoms in total. The largest absolute Gasteiger partial charge is 0.478 e. The molecule has 1 atom stereocenters. The van der Waals surface area contributed by atoms with E-state index in [1.807, 2.05) is 19.1 Å². The van der Waals surface area contributed by atoms with Crippen LogP contribution in [0.1, 0.15) is 38.3 Å². The van der Waals surface area contributed by atoms with Crippen LogP contribution in [0, 0.1) is 12.8 Å². The summed E-state index contributed by atoms with van der Waals surface area (Å²) in [6, 6.07) is 6.61. The molecule has 0 aliphatic rings. The van der Waals surface area contributed by atoms with Crippen molar-refractivity contribution in [2.24, 2.45) is 5.92 Å². The van der Waals surface area contributed by atoms with Gasteiger partial charge in [0.2, 0.25) is 0 Å². The fourth-order valence-electron chi connectivity index (χ4n) is 2.32. The highest BCUT2D eigenvalue weighted by Crippen LogP contribution is 2.22. The Morgan fingerprint density at radius 3 is 2.50 bits per heavy atom. The second kappa shape index (κ2) is 7.13. The van der Waals surface area contributed by atoms with Crippen LogP contribution in [0.2, 0.25) is 0 Å². The lowest BCUT2D eigenvalue weighted by Crippen LogP contribution is -2.30. The van der Waals surface area contributed by atoms with E-state index in [0.717, 1.165) is 17.5 Å². The van der Waals surface area contributed by atoms with E-state index in [4.69, 9.17) is 5.11 Å². The zero-order valence-corrected chi connectivity index (χ0v) is 13.1. The zero-order chi connectivity index (χ0) is 15.3. The van der Waals surface area contributed by atoms with Gasteiger partial charge in [-0.15, -0.1) is 0 Å². The Balaban J connectivity index is 2.88. The number of hydrogen-bond donors (Lipinski definition) is 1. The predicted molar refractivity (Wildman–Crippen MR) is 85.2 cm³/mol. The summed E-state index contributed by atoms with van der Waals surface area (Å²) in [5, 5.41) is 8.67. The van der Waals surface area contributed by atoms with E-state index in [1.165, 1.54) is 11.8 Å². The average molecular weight is 275 g/mol. The molecule has 1 unspecified atom stereocenters. The number of benzene rings is 1. The van der Waals surface area contributed by atoms with Crippen LogP contribution in [0.4, 0.5) is 5.69 Å². The highest BCUT2D eigenvalue weighted by atomic mass is 16.4. The van der Waals surface area contributed by atoms with Crippen molar-refractivity contribution < 1.29 is 9.90 Å². The van der Waals surface area contributed by atoms with Gasteiger partial charge in [-0.1, -0.05) is 19.9 Å². The average Bonchev–Trinajstić information content (AvgIpc) is 2.35. The first-order chi connectivity index (χ1) is 9.31. The van der Waals surface area contributed by atoms with Gasteiger partial charge in [0, 0.05) is 24.9 Å². The van der Waals surface area contributed by atoms with Gasteiger partial charge in [0.15, 0.2) is 0 Å². The first-order valence-corrected chi connectivity index (χ1v) is 7.05. The van der Waals surface area contributed by atoms with Crippen LogP contribution < -0.4 is 4.90 Å². The van der Waals surface area contributed by atoms with Gasteiger partial charge in [0.25, 0.3) is 0 Å². The summed E-state index contributed by atoms with van der Waals surface area (Å²) in [7, 11) is 2.11. The number of carboxylic acids is 1. The van der Waals surface area contributed by atoms with Gasteiger partial charge in [0.1, 0.15) is 0 Å². The molecule has 20 heavy (non-hydrogen) atoms. The van der Waals surface area contributed by atoms with E-state index in [-0.39, 0.29) is 0 Å². The summed E-state index contributed by atoms with van der Waals surface area (Å²) in [5.74, 6) is -0.248. The standard InChI is InChI=1S/C17H25NO2/c1-12(2)10-14(4)18(5)16-8-6-15(13(3)11-16)7-9-17(19)20/h6-9,11-12,14H,10H2,1-5H3,(H,19,20). The third kappa shape index (κ3) is 4.72. The van der Waals surface area contributed by atoms with Crippen molar-refractivity contribution in [1.29, 1.82) is 0 Å². The Morgan fingerprint density at radius 1 is 1.35 bits per heavy atom. The lowest BCUT2D eigenvalue weighted by molar-refractivity contribution is -0.131. The summed E-state index contributed by atoms with van der Waals surface area (Å²) in [6.45, 7) is 8.70. The molecule has 1 aromatic carbocycles. The number of rotatable bonds is 6. The van der Waals surface area contributed by atoms with Gasteiger partial charge in [-0.05, 0) is 55.5 Å². The third-order valence-electron chi connectivity index (χ3n) is 3.54. The van der Waals surface area contributed by atoms with Crippen molar-refractivity contribution in [3.05, 3.63) is 35.4 Å². The molecule has 0 aliphatic heterocycles. The van der Waals surface area contributed by atoms with Crippen LogP contribution in [-0.4, -0.2) is 24.2 Å². The summed E-state index contributed by atoms with van der Waals surface area (Å²) in [6.07, 6.45) is 3.96. The number of carbonyl (C=O) groups is 1. The van der Waals surface area contributed by atoms with Gasteiger partial charge in [-0.2, -0.15) is 0 Å². The van der Waals surface area contributed by atoms with Gasteiger partial charge in [-0.25, -0.2) is 4.79 Å². The van der Waals surface area contributed by atoms with Crippen LogP contribution >= 0.6 is 0 Å². The molecule has 110 valence electrons. The first kappa shape index (κ1) is 16.3. The molecule has 1 N–H and O–H groups in total. The highest BCUT2D eigenvalue weighted by Gasteiger charge is 2.12. The van der Waals surface area contributed by atoms with E-state index in [9.17, 15) is 4.79 Å². The quantitative estimate of drug-likeness (QED) is 0.799. The Kier molecular flexibility index (Phi) is 5.81. The fraction of sp³-hybridized carbons (Fsp3) is 0.471. The maximum atomic E-state index is 10.6. The van der Waals surface area contributed by atoms with Crippen molar-refractivity contribution in [3.8, 4) is 0 Å². The third-order valence-corrected chi connectivity index (χ3v) is 3.54. The first-order valence-electron chi connectivity index (χ1n) is 7.05. The molecule has 1 rings (SSSR count). The second-order valence-electron chi connectivity index (χ2n) is 5.80. The number of carboxylic acid groups (broad SMARTS) is 1. The maximum Gasteiger partial charge on any atom is 0.328 e. The van der Waals surface area contributed by atoms with E-state index < -0.39 is 5.97 Å². The molecule has 3 heteroatoms. The van der Waals surface area contributed by atoms with Crippen LogP contribution in [0.3, 0.4) is 0 Å². The summed E-state index contributed by atoms with van der Waals surface area (Å²) < 4.78 is 0. The van der Waals surface area contributed by atoms with Gasteiger partial charge < -0.3 is 10.0 Å². The second-order valence-corrected chi connectivity index (χ2v) is 5.80. The molecule has 0 saturated carbocycles. The lowest BCUT2D eigenvalue weighted by Gasteiger charge is -2.29. The molecule has 0 spiro atoms. The molecule has 0 fully saturated rings. The van der Waals surface area contributed by atoms with Crippen LogP contribution in [0.15, 0.2) is 24.3 Å². The molecule has 1 aromatic rings. The zero-order valence-electron chi connectivity index (χ0n) is 13.1. The van der Waals surface area contributed by atoms with E-state index in [2.05, 4.69) is 38.8 Å². The fourth-order valence-corrected chi connectivity index (χ4v) is 2.32. The van der Waals surface area contributed by atoms with Crippen molar-refractivity contribution in [3.63, 3.8) is 0 Å². The van der Waals surface area contributed by atoms with E-state index in [1.54, 1.807) is 6.08 Å². The van der Waals surface area contributed by atoms with Crippen LogP contribution in [-0.2, 0) is 4.79 Å². The minimum Gasteiger partial charge on any atom is -0.478 e.